The Morgan fingerprint density at radius 2 is 1.35 bits per heavy atom. The van der Waals surface area contributed by atoms with E-state index in [2.05, 4.69) is 0 Å². The molecule has 4 N–H and O–H groups in total. The first-order chi connectivity index (χ1) is 9.22. The third-order valence-electron chi connectivity index (χ3n) is 3.05. The summed E-state index contributed by atoms with van der Waals surface area (Å²) in [6, 6.07) is 0. The SMILES string of the molecule is CCCCC(C(=O)O)C(C(=O)O)C(CC(=O)O)C(=O)O. The van der Waals surface area contributed by atoms with Crippen molar-refractivity contribution in [3.05, 3.63) is 0 Å². The molecule has 8 nitrogen and oxygen atoms in total. The molecule has 0 aliphatic heterocycles. The summed E-state index contributed by atoms with van der Waals surface area (Å²) < 4.78 is 0. The largest absolute Gasteiger partial charge is 0.481 e. The molecule has 0 rings (SSSR count). The van der Waals surface area contributed by atoms with Gasteiger partial charge < -0.3 is 20.4 Å². The first-order valence-electron chi connectivity index (χ1n) is 6.12. The maximum atomic E-state index is 11.2. The van der Waals surface area contributed by atoms with Gasteiger partial charge in [0.25, 0.3) is 0 Å². The monoisotopic (exact) mass is 290 g/mol. The van der Waals surface area contributed by atoms with Gasteiger partial charge in [-0.15, -0.1) is 0 Å². The van der Waals surface area contributed by atoms with E-state index in [1.807, 2.05) is 0 Å². The van der Waals surface area contributed by atoms with Crippen molar-refractivity contribution < 1.29 is 39.6 Å². The van der Waals surface area contributed by atoms with Crippen LogP contribution in [0.5, 0.6) is 0 Å². The summed E-state index contributed by atoms with van der Waals surface area (Å²) in [4.78, 5) is 44.1. The number of carboxylic acids is 4. The Morgan fingerprint density at radius 3 is 1.65 bits per heavy atom. The number of hydrogen-bond acceptors (Lipinski definition) is 4. The van der Waals surface area contributed by atoms with Crippen LogP contribution < -0.4 is 0 Å². The van der Waals surface area contributed by atoms with Gasteiger partial charge >= 0.3 is 23.9 Å². The molecule has 0 aromatic carbocycles. The van der Waals surface area contributed by atoms with E-state index >= 15 is 0 Å². The van der Waals surface area contributed by atoms with Gasteiger partial charge in [0, 0.05) is 0 Å². The van der Waals surface area contributed by atoms with Gasteiger partial charge in [-0.2, -0.15) is 0 Å². The molecule has 0 radical (unpaired) electrons. The van der Waals surface area contributed by atoms with Crippen molar-refractivity contribution >= 4 is 23.9 Å². The van der Waals surface area contributed by atoms with Crippen molar-refractivity contribution in [1.82, 2.24) is 0 Å². The van der Waals surface area contributed by atoms with Crippen LogP contribution in [0.4, 0.5) is 0 Å². The highest BCUT2D eigenvalue weighted by atomic mass is 16.4. The predicted molar refractivity (Wildman–Crippen MR) is 65.2 cm³/mol. The molecule has 0 spiro atoms. The van der Waals surface area contributed by atoms with Crippen LogP contribution in [0.1, 0.15) is 32.6 Å². The molecule has 0 amide bonds. The molecule has 114 valence electrons. The van der Waals surface area contributed by atoms with Crippen LogP contribution in [0, 0.1) is 17.8 Å². The zero-order valence-electron chi connectivity index (χ0n) is 11.0. The summed E-state index contributed by atoms with van der Waals surface area (Å²) in [7, 11) is 0. The second kappa shape index (κ2) is 8.13. The fourth-order valence-corrected chi connectivity index (χ4v) is 2.06. The summed E-state index contributed by atoms with van der Waals surface area (Å²) in [5.41, 5.74) is 0. The van der Waals surface area contributed by atoms with E-state index < -0.39 is 48.1 Å². The van der Waals surface area contributed by atoms with Crippen LogP contribution in [0.2, 0.25) is 0 Å². The molecule has 3 unspecified atom stereocenters. The highest BCUT2D eigenvalue weighted by Crippen LogP contribution is 2.29. The van der Waals surface area contributed by atoms with Crippen LogP contribution in [0.25, 0.3) is 0 Å². The second-order valence-corrected chi connectivity index (χ2v) is 4.49. The van der Waals surface area contributed by atoms with Gasteiger partial charge in [0.1, 0.15) is 0 Å². The summed E-state index contributed by atoms with van der Waals surface area (Å²) >= 11 is 0. The number of aliphatic carboxylic acids is 4. The zero-order chi connectivity index (χ0) is 15.9. The zero-order valence-corrected chi connectivity index (χ0v) is 11.0. The Hall–Kier alpha value is -2.12. The van der Waals surface area contributed by atoms with Crippen molar-refractivity contribution in [2.45, 2.75) is 32.6 Å². The van der Waals surface area contributed by atoms with E-state index in [0.29, 0.717) is 12.8 Å². The average Bonchev–Trinajstić information content (AvgIpc) is 2.30. The molecule has 8 heteroatoms. The van der Waals surface area contributed by atoms with Gasteiger partial charge in [-0.3, -0.25) is 19.2 Å². The van der Waals surface area contributed by atoms with E-state index in [-0.39, 0.29) is 6.42 Å². The van der Waals surface area contributed by atoms with Gasteiger partial charge in [0.2, 0.25) is 0 Å². The van der Waals surface area contributed by atoms with Gasteiger partial charge in [0.05, 0.1) is 24.2 Å². The van der Waals surface area contributed by atoms with Gasteiger partial charge in [-0.25, -0.2) is 0 Å². The molecule has 0 aliphatic rings. The Kier molecular flexibility index (Phi) is 7.27. The van der Waals surface area contributed by atoms with Crippen LogP contribution in [-0.2, 0) is 19.2 Å². The number of carboxylic acid groups (broad SMARTS) is 4. The van der Waals surface area contributed by atoms with Gasteiger partial charge in [-0.05, 0) is 6.42 Å². The lowest BCUT2D eigenvalue weighted by atomic mass is 9.77. The lowest BCUT2D eigenvalue weighted by molar-refractivity contribution is -0.164. The lowest BCUT2D eigenvalue weighted by Crippen LogP contribution is -2.40. The Bertz CT molecular complexity index is 389. The topological polar surface area (TPSA) is 149 Å². The molecular formula is C12H18O8. The minimum absolute atomic E-state index is 0.00774. The summed E-state index contributed by atoms with van der Waals surface area (Å²) in [5, 5.41) is 35.8. The summed E-state index contributed by atoms with van der Waals surface area (Å²) in [5.74, 6) is -11.1. The highest BCUT2D eigenvalue weighted by Gasteiger charge is 2.43. The molecule has 0 bridgehead atoms. The maximum Gasteiger partial charge on any atom is 0.308 e. The van der Waals surface area contributed by atoms with Gasteiger partial charge in [-0.1, -0.05) is 19.8 Å². The normalized spacial score (nSPS) is 15.1. The average molecular weight is 290 g/mol. The number of hydrogen-bond donors (Lipinski definition) is 4. The van der Waals surface area contributed by atoms with E-state index in [1.165, 1.54) is 0 Å². The highest BCUT2D eigenvalue weighted by molar-refractivity contribution is 5.87. The van der Waals surface area contributed by atoms with E-state index in [4.69, 9.17) is 20.4 Å². The molecule has 3 atom stereocenters. The van der Waals surface area contributed by atoms with Gasteiger partial charge in [0.15, 0.2) is 0 Å². The summed E-state index contributed by atoms with van der Waals surface area (Å²) in [6.07, 6.45) is 0.0986. The van der Waals surface area contributed by atoms with Crippen molar-refractivity contribution in [3.8, 4) is 0 Å². The predicted octanol–water partition coefficient (Wildman–Crippen LogP) is 0.754. The number of rotatable bonds is 10. The van der Waals surface area contributed by atoms with E-state index in [0.717, 1.165) is 0 Å². The first kappa shape index (κ1) is 17.9. The number of unbranched alkanes of at least 4 members (excludes halogenated alkanes) is 1. The standard InChI is InChI=1S/C12H18O8/c1-2-3-4-6(10(15)16)9(12(19)20)7(11(17)18)5-8(13)14/h6-7,9H,2-5H2,1H3,(H,13,14)(H,15,16)(H,17,18)(H,19,20). The molecule has 0 saturated carbocycles. The smallest absolute Gasteiger partial charge is 0.308 e. The van der Waals surface area contributed by atoms with E-state index in [9.17, 15) is 19.2 Å². The molecule has 0 aliphatic carbocycles. The fourth-order valence-electron chi connectivity index (χ4n) is 2.06. The van der Waals surface area contributed by atoms with Crippen molar-refractivity contribution in [3.63, 3.8) is 0 Å². The van der Waals surface area contributed by atoms with Crippen LogP contribution in [0.3, 0.4) is 0 Å². The van der Waals surface area contributed by atoms with Crippen molar-refractivity contribution in [1.29, 1.82) is 0 Å². The molecule has 0 saturated heterocycles. The minimum Gasteiger partial charge on any atom is -0.481 e. The first-order valence-corrected chi connectivity index (χ1v) is 6.12. The van der Waals surface area contributed by atoms with Crippen LogP contribution in [0.15, 0.2) is 0 Å². The van der Waals surface area contributed by atoms with Crippen molar-refractivity contribution in [2.24, 2.45) is 17.8 Å². The minimum atomic E-state index is -1.78. The lowest BCUT2D eigenvalue weighted by Gasteiger charge is -2.24. The van der Waals surface area contributed by atoms with Crippen LogP contribution in [-0.4, -0.2) is 44.3 Å². The maximum absolute atomic E-state index is 11.2. The fraction of sp³-hybridized carbons (Fsp3) is 0.667. The van der Waals surface area contributed by atoms with Crippen LogP contribution >= 0.6 is 0 Å². The summed E-state index contributed by atoms with van der Waals surface area (Å²) in [6.45, 7) is 1.78. The number of carbonyl (C=O) groups is 4. The Balaban J connectivity index is 5.42. The third kappa shape index (κ3) is 5.25. The molecule has 0 aromatic rings. The second-order valence-electron chi connectivity index (χ2n) is 4.49. The molecule has 0 fully saturated rings. The molecule has 20 heavy (non-hydrogen) atoms. The third-order valence-corrected chi connectivity index (χ3v) is 3.05. The molecular weight excluding hydrogens is 272 g/mol. The van der Waals surface area contributed by atoms with Crippen molar-refractivity contribution in [2.75, 3.05) is 0 Å². The van der Waals surface area contributed by atoms with E-state index in [1.54, 1.807) is 6.92 Å². The quantitative estimate of drug-likeness (QED) is 0.460. The Labute approximate surface area is 115 Å². The Morgan fingerprint density at radius 1 is 0.850 bits per heavy atom. The molecule has 0 aromatic heterocycles. The molecule has 0 heterocycles.